The number of anilines is 2. The fourth-order valence-electron chi connectivity index (χ4n) is 3.56. The van der Waals surface area contributed by atoms with Crippen LogP contribution in [0.15, 0.2) is 33.8 Å². The Balaban J connectivity index is 1.74. The first-order valence-corrected chi connectivity index (χ1v) is 10.5. The van der Waals surface area contributed by atoms with Crippen LogP contribution in [0.5, 0.6) is 0 Å². The van der Waals surface area contributed by atoms with Gasteiger partial charge in [-0.2, -0.15) is 0 Å². The maximum absolute atomic E-state index is 14.6. The van der Waals surface area contributed by atoms with Crippen molar-refractivity contribution in [3.05, 3.63) is 41.9 Å². The van der Waals surface area contributed by atoms with Gasteiger partial charge in [0, 0.05) is 25.8 Å². The molecule has 2 aliphatic heterocycles. The molecule has 1 aromatic carbocycles. The molecule has 0 radical (unpaired) electrons. The molecule has 1 aromatic heterocycles. The van der Waals surface area contributed by atoms with Crippen molar-refractivity contribution in [3.8, 4) is 0 Å². The van der Waals surface area contributed by atoms with Crippen LogP contribution in [0.25, 0.3) is 0 Å². The molecule has 2 aliphatic rings. The molecule has 1 unspecified atom stereocenters. The number of halogens is 2. The molecule has 9 heteroatoms. The number of hydrogen-bond acceptors (Lipinski definition) is 6. The van der Waals surface area contributed by atoms with Crippen LogP contribution in [0.1, 0.15) is 18.6 Å². The first kappa shape index (κ1) is 18.2. The van der Waals surface area contributed by atoms with Gasteiger partial charge in [0.25, 0.3) is 0 Å². The van der Waals surface area contributed by atoms with Crippen molar-refractivity contribution in [1.29, 1.82) is 0 Å². The minimum atomic E-state index is -3.83. The van der Waals surface area contributed by atoms with Crippen LogP contribution in [0, 0.1) is 11.6 Å². The molecule has 1 atom stereocenters. The molecule has 1 N–H and O–H groups in total. The topological polar surface area (TPSA) is 71.8 Å². The van der Waals surface area contributed by atoms with Crippen LogP contribution < -0.4 is 10.2 Å². The van der Waals surface area contributed by atoms with Gasteiger partial charge in [-0.1, -0.05) is 0 Å². The Morgan fingerprint density at radius 3 is 2.85 bits per heavy atom. The maximum Gasteiger partial charge on any atom is 0.184 e. The highest BCUT2D eigenvalue weighted by Gasteiger charge is 2.36. The van der Waals surface area contributed by atoms with Gasteiger partial charge in [-0.3, -0.25) is 0 Å². The van der Waals surface area contributed by atoms with E-state index in [9.17, 15) is 17.2 Å². The quantitative estimate of drug-likeness (QED) is 0.835. The van der Waals surface area contributed by atoms with Gasteiger partial charge in [0.1, 0.15) is 10.7 Å². The van der Waals surface area contributed by atoms with Crippen LogP contribution in [0.4, 0.5) is 20.2 Å². The van der Waals surface area contributed by atoms with E-state index in [0.29, 0.717) is 12.4 Å². The number of benzene rings is 1. The number of hydrogen-bond donors (Lipinski definition) is 1. The summed E-state index contributed by atoms with van der Waals surface area (Å²) in [5.41, 5.74) is -0.306. The van der Waals surface area contributed by atoms with E-state index in [1.54, 1.807) is 17.0 Å². The monoisotopic (exact) mass is 398 g/mol. The lowest BCUT2D eigenvalue weighted by atomic mass is 10.2. The summed E-state index contributed by atoms with van der Waals surface area (Å²) >= 11 is 0. The minimum absolute atomic E-state index is 0.101. The predicted octanol–water partition coefficient (Wildman–Crippen LogP) is 2.94. The second-order valence-corrected chi connectivity index (χ2v) is 8.77. The van der Waals surface area contributed by atoms with Crippen molar-refractivity contribution in [2.75, 3.05) is 35.7 Å². The smallest absolute Gasteiger partial charge is 0.184 e. The third kappa shape index (κ3) is 3.53. The molecule has 3 heterocycles. The molecule has 2 aromatic rings. The van der Waals surface area contributed by atoms with Gasteiger partial charge in [-0.15, -0.1) is 0 Å². The van der Waals surface area contributed by atoms with Crippen molar-refractivity contribution in [3.63, 3.8) is 0 Å². The molecule has 4 rings (SSSR count). The van der Waals surface area contributed by atoms with E-state index >= 15 is 0 Å². The van der Waals surface area contributed by atoms with E-state index < -0.39 is 21.5 Å². The van der Waals surface area contributed by atoms with Crippen molar-refractivity contribution < 1.29 is 26.4 Å². The Kier molecular flexibility index (Phi) is 4.81. The fraction of sp³-hybridized carbons (Fsp3) is 0.444. The molecule has 0 saturated carbocycles. The van der Waals surface area contributed by atoms with Gasteiger partial charge < -0.3 is 19.4 Å². The number of ether oxygens (including phenoxy) is 1. The normalized spacial score (nSPS) is 21.3. The molecule has 0 bridgehead atoms. The zero-order valence-corrected chi connectivity index (χ0v) is 15.4. The SMILES string of the molecule is O=S1(=O)CCN(Cc2ccco2)c2c(F)cc(F)c(NCC3CCCO3)c21. The standard InChI is InChI=1S/C18H20F2N2O4S/c19-14-9-15(20)17-18(16(14)21-10-12-3-1-6-25-12)27(23,24)8-5-22(17)11-13-4-2-7-26-13/h2,4,7,9,12,21H,1,3,5-6,8,10-11H2. The van der Waals surface area contributed by atoms with Crippen molar-refractivity contribution in [2.45, 2.75) is 30.4 Å². The number of rotatable bonds is 5. The molecule has 0 spiro atoms. The fourth-order valence-corrected chi connectivity index (χ4v) is 5.23. The lowest BCUT2D eigenvalue weighted by Gasteiger charge is -2.32. The minimum Gasteiger partial charge on any atom is -0.467 e. The Labute approximate surface area is 156 Å². The van der Waals surface area contributed by atoms with Crippen LogP contribution in [-0.2, 0) is 21.1 Å². The van der Waals surface area contributed by atoms with E-state index in [2.05, 4.69) is 5.32 Å². The van der Waals surface area contributed by atoms with Gasteiger partial charge in [0.05, 0.1) is 36.0 Å². The summed E-state index contributed by atoms with van der Waals surface area (Å²) in [5.74, 6) is -1.48. The Hall–Kier alpha value is -2.13. The van der Waals surface area contributed by atoms with Crippen molar-refractivity contribution in [2.24, 2.45) is 0 Å². The van der Waals surface area contributed by atoms with Gasteiger partial charge >= 0.3 is 0 Å². The van der Waals surface area contributed by atoms with Crippen molar-refractivity contribution >= 4 is 21.2 Å². The number of nitrogens with one attached hydrogen (secondary N) is 1. The van der Waals surface area contributed by atoms with Crippen LogP contribution in [0.3, 0.4) is 0 Å². The second-order valence-electron chi connectivity index (χ2n) is 6.73. The highest BCUT2D eigenvalue weighted by molar-refractivity contribution is 7.91. The number of furan rings is 1. The first-order valence-electron chi connectivity index (χ1n) is 8.83. The molecule has 6 nitrogen and oxygen atoms in total. The molecule has 1 fully saturated rings. The molecule has 0 aliphatic carbocycles. The summed E-state index contributed by atoms with van der Waals surface area (Å²) in [6.07, 6.45) is 3.10. The summed E-state index contributed by atoms with van der Waals surface area (Å²) in [4.78, 5) is 1.25. The zero-order valence-electron chi connectivity index (χ0n) is 14.6. The van der Waals surface area contributed by atoms with Gasteiger partial charge in [0.15, 0.2) is 21.5 Å². The average Bonchev–Trinajstić information content (AvgIpc) is 3.30. The van der Waals surface area contributed by atoms with E-state index in [0.717, 1.165) is 18.9 Å². The number of nitrogens with zero attached hydrogens (tertiary/aromatic N) is 1. The average molecular weight is 398 g/mol. The van der Waals surface area contributed by atoms with E-state index in [4.69, 9.17) is 9.15 Å². The second kappa shape index (κ2) is 7.12. The van der Waals surface area contributed by atoms with E-state index in [-0.39, 0.29) is 47.8 Å². The predicted molar refractivity (Wildman–Crippen MR) is 95.6 cm³/mol. The van der Waals surface area contributed by atoms with Gasteiger partial charge in [0.2, 0.25) is 0 Å². The van der Waals surface area contributed by atoms with Crippen LogP contribution in [0.2, 0.25) is 0 Å². The maximum atomic E-state index is 14.6. The van der Waals surface area contributed by atoms with E-state index in [1.165, 1.54) is 6.26 Å². The molecule has 1 saturated heterocycles. The highest BCUT2D eigenvalue weighted by atomic mass is 32.2. The van der Waals surface area contributed by atoms with E-state index in [1.807, 2.05) is 0 Å². The third-order valence-electron chi connectivity index (χ3n) is 4.88. The molecule has 0 amide bonds. The summed E-state index contributed by atoms with van der Waals surface area (Å²) in [6.45, 7) is 1.20. The summed E-state index contributed by atoms with van der Waals surface area (Å²) in [5, 5.41) is 2.85. The Bertz CT molecular complexity index is 925. The van der Waals surface area contributed by atoms with Gasteiger partial charge in [-0.05, 0) is 25.0 Å². The molecule has 146 valence electrons. The number of fused-ring (bicyclic) bond motifs is 1. The summed E-state index contributed by atoms with van der Waals surface area (Å²) < 4.78 is 65.3. The lowest BCUT2D eigenvalue weighted by molar-refractivity contribution is 0.120. The van der Waals surface area contributed by atoms with Gasteiger partial charge in [-0.25, -0.2) is 17.2 Å². The Morgan fingerprint density at radius 2 is 2.15 bits per heavy atom. The zero-order chi connectivity index (χ0) is 19.0. The van der Waals surface area contributed by atoms with Crippen LogP contribution >= 0.6 is 0 Å². The summed E-state index contributed by atoms with van der Waals surface area (Å²) in [6, 6.07) is 4.15. The Morgan fingerprint density at radius 1 is 1.30 bits per heavy atom. The third-order valence-corrected chi connectivity index (χ3v) is 6.61. The lowest BCUT2D eigenvalue weighted by Crippen LogP contribution is -2.36. The number of sulfone groups is 1. The molecular weight excluding hydrogens is 378 g/mol. The van der Waals surface area contributed by atoms with Crippen LogP contribution in [-0.4, -0.2) is 40.0 Å². The van der Waals surface area contributed by atoms with Crippen molar-refractivity contribution in [1.82, 2.24) is 0 Å². The molecule has 27 heavy (non-hydrogen) atoms. The highest BCUT2D eigenvalue weighted by Crippen LogP contribution is 2.41. The summed E-state index contributed by atoms with van der Waals surface area (Å²) in [7, 11) is -3.83. The largest absolute Gasteiger partial charge is 0.467 e. The molecular formula is C18H20F2N2O4S. The first-order chi connectivity index (χ1) is 13.0.